The summed E-state index contributed by atoms with van der Waals surface area (Å²) >= 11 is 0. The van der Waals surface area contributed by atoms with Crippen molar-refractivity contribution >= 4 is 0 Å². The van der Waals surface area contributed by atoms with Crippen molar-refractivity contribution in [3.63, 3.8) is 0 Å². The standard InChI is InChI=1S/C13H28N2/c1-5-12-10-15(8-6-11(2)3)9-7-13(12)14-4/h11-14H,5-10H2,1-4H3. The first-order valence-electron chi connectivity index (χ1n) is 6.57. The number of nitrogens with zero attached hydrogens (tertiary/aromatic N) is 1. The average molecular weight is 212 g/mol. The van der Waals surface area contributed by atoms with Crippen LogP contribution in [0.1, 0.15) is 40.0 Å². The molecule has 1 heterocycles. The van der Waals surface area contributed by atoms with E-state index in [1.54, 1.807) is 0 Å². The summed E-state index contributed by atoms with van der Waals surface area (Å²) in [7, 11) is 2.11. The summed E-state index contributed by atoms with van der Waals surface area (Å²) in [6, 6.07) is 0.755. The van der Waals surface area contributed by atoms with Gasteiger partial charge in [-0.05, 0) is 44.8 Å². The Hall–Kier alpha value is -0.0800. The number of likely N-dealkylation sites (tertiary alicyclic amines) is 1. The van der Waals surface area contributed by atoms with Gasteiger partial charge in [0.1, 0.15) is 0 Å². The van der Waals surface area contributed by atoms with Crippen molar-refractivity contribution in [2.75, 3.05) is 26.7 Å². The van der Waals surface area contributed by atoms with Crippen LogP contribution < -0.4 is 5.32 Å². The molecule has 1 aliphatic heterocycles. The zero-order chi connectivity index (χ0) is 11.3. The highest BCUT2D eigenvalue weighted by Gasteiger charge is 2.26. The molecular formula is C13H28N2. The molecular weight excluding hydrogens is 184 g/mol. The van der Waals surface area contributed by atoms with E-state index < -0.39 is 0 Å². The molecule has 0 amide bonds. The van der Waals surface area contributed by atoms with Gasteiger partial charge in [-0.3, -0.25) is 0 Å². The van der Waals surface area contributed by atoms with Crippen molar-refractivity contribution in [3.05, 3.63) is 0 Å². The lowest BCUT2D eigenvalue weighted by Crippen LogP contribution is -2.48. The lowest BCUT2D eigenvalue weighted by Gasteiger charge is -2.38. The molecule has 2 nitrogen and oxygen atoms in total. The molecule has 0 aromatic carbocycles. The number of piperidine rings is 1. The fourth-order valence-electron chi connectivity index (χ4n) is 2.55. The third-order valence-corrected chi connectivity index (χ3v) is 3.74. The van der Waals surface area contributed by atoms with E-state index >= 15 is 0 Å². The van der Waals surface area contributed by atoms with E-state index in [2.05, 4.69) is 38.0 Å². The van der Waals surface area contributed by atoms with Gasteiger partial charge in [0.2, 0.25) is 0 Å². The van der Waals surface area contributed by atoms with E-state index in [9.17, 15) is 0 Å². The van der Waals surface area contributed by atoms with Crippen molar-refractivity contribution in [1.29, 1.82) is 0 Å². The lowest BCUT2D eigenvalue weighted by atomic mass is 9.90. The first kappa shape index (κ1) is 13.0. The van der Waals surface area contributed by atoms with Gasteiger partial charge in [-0.1, -0.05) is 27.2 Å². The predicted molar refractivity (Wildman–Crippen MR) is 67.1 cm³/mol. The summed E-state index contributed by atoms with van der Waals surface area (Å²) in [5, 5.41) is 3.46. The van der Waals surface area contributed by atoms with Crippen LogP contribution in [0.15, 0.2) is 0 Å². The molecule has 1 saturated heterocycles. The van der Waals surface area contributed by atoms with Gasteiger partial charge in [0.15, 0.2) is 0 Å². The van der Waals surface area contributed by atoms with Gasteiger partial charge in [-0.2, -0.15) is 0 Å². The number of hydrogen-bond donors (Lipinski definition) is 1. The lowest BCUT2D eigenvalue weighted by molar-refractivity contribution is 0.133. The topological polar surface area (TPSA) is 15.3 Å². The van der Waals surface area contributed by atoms with Gasteiger partial charge < -0.3 is 10.2 Å². The van der Waals surface area contributed by atoms with Crippen LogP contribution in [-0.4, -0.2) is 37.6 Å². The van der Waals surface area contributed by atoms with Gasteiger partial charge >= 0.3 is 0 Å². The van der Waals surface area contributed by atoms with Crippen LogP contribution in [0.25, 0.3) is 0 Å². The molecule has 0 aromatic heterocycles. The molecule has 0 bridgehead atoms. The smallest absolute Gasteiger partial charge is 0.0117 e. The molecule has 0 aliphatic carbocycles. The Morgan fingerprint density at radius 1 is 1.40 bits per heavy atom. The zero-order valence-electron chi connectivity index (χ0n) is 10.9. The van der Waals surface area contributed by atoms with Crippen LogP contribution in [0, 0.1) is 11.8 Å². The summed E-state index contributed by atoms with van der Waals surface area (Å²) in [5.41, 5.74) is 0. The summed E-state index contributed by atoms with van der Waals surface area (Å²) < 4.78 is 0. The largest absolute Gasteiger partial charge is 0.317 e. The van der Waals surface area contributed by atoms with Crippen molar-refractivity contribution in [1.82, 2.24) is 10.2 Å². The van der Waals surface area contributed by atoms with Crippen molar-refractivity contribution in [2.24, 2.45) is 11.8 Å². The maximum Gasteiger partial charge on any atom is 0.0117 e. The third kappa shape index (κ3) is 4.12. The van der Waals surface area contributed by atoms with E-state index in [-0.39, 0.29) is 0 Å². The molecule has 0 saturated carbocycles. The Balaban J connectivity index is 2.32. The zero-order valence-corrected chi connectivity index (χ0v) is 10.9. The molecule has 0 aromatic rings. The van der Waals surface area contributed by atoms with E-state index in [0.29, 0.717) is 0 Å². The molecule has 0 radical (unpaired) electrons. The van der Waals surface area contributed by atoms with Gasteiger partial charge in [0.25, 0.3) is 0 Å². The second kappa shape index (κ2) is 6.49. The molecule has 15 heavy (non-hydrogen) atoms. The molecule has 2 unspecified atom stereocenters. The fourth-order valence-corrected chi connectivity index (χ4v) is 2.55. The highest BCUT2D eigenvalue weighted by molar-refractivity contribution is 4.83. The molecule has 2 heteroatoms. The number of rotatable bonds is 5. The van der Waals surface area contributed by atoms with Crippen molar-refractivity contribution in [2.45, 2.75) is 46.1 Å². The summed E-state index contributed by atoms with van der Waals surface area (Å²) in [5.74, 6) is 1.70. The molecule has 0 spiro atoms. The van der Waals surface area contributed by atoms with Gasteiger partial charge in [-0.15, -0.1) is 0 Å². The Bertz CT molecular complexity index is 168. The molecule has 1 aliphatic rings. The van der Waals surface area contributed by atoms with Gasteiger partial charge in [0.05, 0.1) is 0 Å². The minimum atomic E-state index is 0.755. The van der Waals surface area contributed by atoms with Crippen molar-refractivity contribution in [3.8, 4) is 0 Å². The predicted octanol–water partition coefficient (Wildman–Crippen LogP) is 2.35. The van der Waals surface area contributed by atoms with Crippen LogP contribution in [0.2, 0.25) is 0 Å². The maximum atomic E-state index is 3.46. The third-order valence-electron chi connectivity index (χ3n) is 3.74. The minimum absolute atomic E-state index is 0.755. The van der Waals surface area contributed by atoms with Gasteiger partial charge in [0, 0.05) is 12.6 Å². The Labute approximate surface area is 95.4 Å². The Morgan fingerprint density at radius 3 is 2.67 bits per heavy atom. The maximum absolute atomic E-state index is 3.46. The average Bonchev–Trinajstić information content (AvgIpc) is 2.25. The van der Waals surface area contributed by atoms with E-state index in [4.69, 9.17) is 0 Å². The highest BCUT2D eigenvalue weighted by Crippen LogP contribution is 2.20. The molecule has 1 N–H and O–H groups in total. The molecule has 90 valence electrons. The first-order chi connectivity index (χ1) is 7.17. The quantitative estimate of drug-likeness (QED) is 0.752. The molecule has 1 fully saturated rings. The second-order valence-electron chi connectivity index (χ2n) is 5.34. The van der Waals surface area contributed by atoms with E-state index in [1.807, 2.05) is 0 Å². The van der Waals surface area contributed by atoms with Crippen LogP contribution in [-0.2, 0) is 0 Å². The Kier molecular flexibility index (Phi) is 5.62. The van der Waals surface area contributed by atoms with Gasteiger partial charge in [-0.25, -0.2) is 0 Å². The van der Waals surface area contributed by atoms with Crippen LogP contribution in [0.4, 0.5) is 0 Å². The van der Waals surface area contributed by atoms with Crippen LogP contribution >= 0.6 is 0 Å². The summed E-state index contributed by atoms with van der Waals surface area (Å²) in [6.45, 7) is 10.8. The van der Waals surface area contributed by atoms with Crippen LogP contribution in [0.5, 0.6) is 0 Å². The number of nitrogens with one attached hydrogen (secondary N) is 1. The van der Waals surface area contributed by atoms with E-state index in [0.717, 1.165) is 17.9 Å². The highest BCUT2D eigenvalue weighted by atomic mass is 15.1. The molecule has 1 rings (SSSR count). The summed E-state index contributed by atoms with van der Waals surface area (Å²) in [4.78, 5) is 2.65. The minimum Gasteiger partial charge on any atom is -0.317 e. The second-order valence-corrected chi connectivity index (χ2v) is 5.34. The Morgan fingerprint density at radius 2 is 2.13 bits per heavy atom. The fraction of sp³-hybridized carbons (Fsp3) is 1.00. The monoisotopic (exact) mass is 212 g/mol. The van der Waals surface area contributed by atoms with E-state index in [1.165, 1.54) is 38.9 Å². The normalized spacial score (nSPS) is 28.6. The first-order valence-corrected chi connectivity index (χ1v) is 6.57. The number of hydrogen-bond acceptors (Lipinski definition) is 2. The summed E-state index contributed by atoms with van der Waals surface area (Å²) in [6.07, 6.45) is 3.98. The van der Waals surface area contributed by atoms with Crippen LogP contribution in [0.3, 0.4) is 0 Å². The SMILES string of the molecule is CCC1CN(CCC(C)C)CCC1NC. The van der Waals surface area contributed by atoms with Crippen molar-refractivity contribution < 1.29 is 0 Å². The molecule has 2 atom stereocenters.